The number of hydrogen-bond acceptors (Lipinski definition) is 5. The summed E-state index contributed by atoms with van der Waals surface area (Å²) in [6.45, 7) is -0.263. The highest BCUT2D eigenvalue weighted by Gasteiger charge is 2.30. The largest absolute Gasteiger partial charge is 0.352 e. The summed E-state index contributed by atoms with van der Waals surface area (Å²) in [6, 6.07) is 8.25. The smallest absolute Gasteiger partial charge is 0.266 e. The molecule has 1 aromatic carbocycles. The maximum atomic E-state index is 12.8. The molecule has 0 radical (unpaired) electrons. The zero-order valence-electron chi connectivity index (χ0n) is 11.7. The standard InChI is InChI=1S/C14H15N3O3S2/c18-13(16-11-6-7-11)10-17(14-15-8-9-21-14)22(19,20)12-4-2-1-3-5-12/h1-5,8-9,11H,6-7,10H2,(H,16,18). The third-order valence-corrected chi connectivity index (χ3v) is 5.85. The van der Waals surface area contributed by atoms with Crippen LogP contribution >= 0.6 is 11.3 Å². The molecule has 0 saturated heterocycles. The minimum absolute atomic E-state index is 0.143. The molecule has 0 unspecified atom stereocenters. The maximum Gasteiger partial charge on any atom is 0.266 e. The Bertz CT molecular complexity index is 741. The van der Waals surface area contributed by atoms with Crippen molar-refractivity contribution in [1.82, 2.24) is 10.3 Å². The molecule has 0 atom stereocenters. The van der Waals surface area contributed by atoms with Gasteiger partial charge in [0.25, 0.3) is 10.0 Å². The van der Waals surface area contributed by atoms with Crippen molar-refractivity contribution in [2.45, 2.75) is 23.8 Å². The predicted molar refractivity (Wildman–Crippen MR) is 84.3 cm³/mol. The zero-order chi connectivity index (χ0) is 15.6. The van der Waals surface area contributed by atoms with Crippen LogP contribution in [0.1, 0.15) is 12.8 Å². The summed E-state index contributed by atoms with van der Waals surface area (Å²) in [5.41, 5.74) is 0. The van der Waals surface area contributed by atoms with Gasteiger partial charge < -0.3 is 5.32 Å². The third kappa shape index (κ3) is 3.28. The second kappa shape index (κ2) is 6.05. The van der Waals surface area contributed by atoms with Crippen LogP contribution in [0.5, 0.6) is 0 Å². The lowest BCUT2D eigenvalue weighted by atomic mass is 10.4. The molecule has 1 fully saturated rings. The van der Waals surface area contributed by atoms with Gasteiger partial charge in [-0.05, 0) is 25.0 Å². The Hall–Kier alpha value is -1.93. The van der Waals surface area contributed by atoms with E-state index in [9.17, 15) is 13.2 Å². The fraction of sp³-hybridized carbons (Fsp3) is 0.286. The van der Waals surface area contributed by atoms with E-state index in [4.69, 9.17) is 0 Å². The van der Waals surface area contributed by atoms with Gasteiger partial charge in [-0.1, -0.05) is 18.2 Å². The Morgan fingerprint density at radius 3 is 2.64 bits per heavy atom. The highest BCUT2D eigenvalue weighted by atomic mass is 32.2. The number of sulfonamides is 1. The lowest BCUT2D eigenvalue weighted by Gasteiger charge is -2.21. The summed E-state index contributed by atoms with van der Waals surface area (Å²) in [7, 11) is -3.81. The third-order valence-electron chi connectivity index (χ3n) is 3.19. The molecule has 116 valence electrons. The number of rotatable bonds is 6. The molecule has 22 heavy (non-hydrogen) atoms. The van der Waals surface area contributed by atoms with Gasteiger partial charge in [0.05, 0.1) is 4.90 Å². The molecule has 6 nitrogen and oxygen atoms in total. The molecule has 1 aliphatic carbocycles. The number of aromatic nitrogens is 1. The van der Waals surface area contributed by atoms with Crippen molar-refractivity contribution in [3.05, 3.63) is 41.9 Å². The Labute approximate surface area is 132 Å². The molecule has 8 heteroatoms. The van der Waals surface area contributed by atoms with Crippen LogP contribution in [-0.2, 0) is 14.8 Å². The maximum absolute atomic E-state index is 12.8. The highest BCUT2D eigenvalue weighted by Crippen LogP contribution is 2.25. The van der Waals surface area contributed by atoms with E-state index in [-0.39, 0.29) is 28.5 Å². The van der Waals surface area contributed by atoms with Gasteiger partial charge in [-0.15, -0.1) is 11.3 Å². The number of nitrogens with one attached hydrogen (secondary N) is 1. The molecular weight excluding hydrogens is 322 g/mol. The normalized spacial score (nSPS) is 14.5. The molecule has 1 aromatic heterocycles. The number of carbonyl (C=O) groups is 1. The van der Waals surface area contributed by atoms with Crippen LogP contribution in [0.2, 0.25) is 0 Å². The molecule has 3 rings (SSSR count). The van der Waals surface area contributed by atoms with E-state index in [0.717, 1.165) is 17.1 Å². The fourth-order valence-corrected chi connectivity index (χ4v) is 4.21. The van der Waals surface area contributed by atoms with Crippen molar-refractivity contribution in [3.8, 4) is 0 Å². The average Bonchev–Trinajstić information content (AvgIpc) is 3.16. The quantitative estimate of drug-likeness (QED) is 0.869. The van der Waals surface area contributed by atoms with Crippen LogP contribution in [0.25, 0.3) is 0 Å². The monoisotopic (exact) mass is 337 g/mol. The molecule has 1 aliphatic rings. The molecule has 0 spiro atoms. The van der Waals surface area contributed by atoms with Gasteiger partial charge in [0.2, 0.25) is 5.91 Å². The summed E-state index contributed by atoms with van der Waals surface area (Å²) in [5, 5.41) is 4.77. The number of anilines is 1. The lowest BCUT2D eigenvalue weighted by Crippen LogP contribution is -2.41. The van der Waals surface area contributed by atoms with Crippen LogP contribution in [-0.4, -0.2) is 31.9 Å². The van der Waals surface area contributed by atoms with Gasteiger partial charge in [0.15, 0.2) is 5.13 Å². The van der Waals surface area contributed by atoms with E-state index in [2.05, 4.69) is 10.3 Å². The Morgan fingerprint density at radius 1 is 1.32 bits per heavy atom. The second-order valence-electron chi connectivity index (χ2n) is 4.98. The number of nitrogens with zero attached hydrogens (tertiary/aromatic N) is 2. The van der Waals surface area contributed by atoms with E-state index < -0.39 is 10.0 Å². The first-order valence-electron chi connectivity index (χ1n) is 6.84. The first-order chi connectivity index (χ1) is 10.6. The van der Waals surface area contributed by atoms with Crippen LogP contribution in [0, 0.1) is 0 Å². The summed E-state index contributed by atoms with van der Waals surface area (Å²) < 4.78 is 26.6. The molecule has 1 saturated carbocycles. The lowest BCUT2D eigenvalue weighted by molar-refractivity contribution is -0.119. The first kappa shape index (κ1) is 15.0. The number of amides is 1. The zero-order valence-corrected chi connectivity index (χ0v) is 13.3. The Kier molecular flexibility index (Phi) is 4.12. The number of benzene rings is 1. The van der Waals surface area contributed by atoms with Crippen molar-refractivity contribution in [3.63, 3.8) is 0 Å². The van der Waals surface area contributed by atoms with Crippen molar-refractivity contribution < 1.29 is 13.2 Å². The number of thiazole rings is 1. The van der Waals surface area contributed by atoms with E-state index in [1.807, 2.05) is 0 Å². The molecular formula is C14H15N3O3S2. The molecule has 0 bridgehead atoms. The molecule has 1 heterocycles. The summed E-state index contributed by atoms with van der Waals surface area (Å²) in [6.07, 6.45) is 3.43. The van der Waals surface area contributed by atoms with E-state index >= 15 is 0 Å². The van der Waals surface area contributed by atoms with Gasteiger partial charge >= 0.3 is 0 Å². The fourth-order valence-electron chi connectivity index (χ4n) is 1.95. The van der Waals surface area contributed by atoms with Crippen molar-refractivity contribution in [2.75, 3.05) is 10.8 Å². The second-order valence-corrected chi connectivity index (χ2v) is 7.72. The van der Waals surface area contributed by atoms with E-state index in [1.54, 1.807) is 23.6 Å². The number of hydrogen-bond donors (Lipinski definition) is 1. The molecule has 0 aliphatic heterocycles. The van der Waals surface area contributed by atoms with Gasteiger partial charge in [-0.25, -0.2) is 17.7 Å². The SMILES string of the molecule is O=C(CN(c1nccs1)S(=O)(=O)c1ccccc1)NC1CC1. The molecule has 1 N–H and O–H groups in total. The van der Waals surface area contributed by atoms with E-state index in [0.29, 0.717) is 0 Å². The van der Waals surface area contributed by atoms with Crippen LogP contribution in [0.15, 0.2) is 46.8 Å². The Morgan fingerprint density at radius 2 is 2.05 bits per heavy atom. The number of carbonyl (C=O) groups excluding carboxylic acids is 1. The minimum Gasteiger partial charge on any atom is -0.352 e. The first-order valence-corrected chi connectivity index (χ1v) is 9.16. The molecule has 1 amide bonds. The van der Waals surface area contributed by atoms with Crippen molar-refractivity contribution in [1.29, 1.82) is 0 Å². The summed E-state index contributed by atoms with van der Waals surface area (Å²) >= 11 is 1.18. The predicted octanol–water partition coefficient (Wildman–Crippen LogP) is 1.62. The highest BCUT2D eigenvalue weighted by molar-refractivity contribution is 7.93. The van der Waals surface area contributed by atoms with Crippen molar-refractivity contribution >= 4 is 32.4 Å². The van der Waals surface area contributed by atoms with Gasteiger partial charge in [-0.3, -0.25) is 4.79 Å². The summed E-state index contributed by atoms with van der Waals surface area (Å²) in [4.78, 5) is 16.2. The topological polar surface area (TPSA) is 79.4 Å². The minimum atomic E-state index is -3.81. The van der Waals surface area contributed by atoms with E-state index in [1.165, 1.54) is 29.7 Å². The van der Waals surface area contributed by atoms with Crippen LogP contribution in [0.4, 0.5) is 5.13 Å². The Balaban J connectivity index is 1.89. The van der Waals surface area contributed by atoms with Crippen LogP contribution < -0.4 is 9.62 Å². The van der Waals surface area contributed by atoms with Crippen LogP contribution in [0.3, 0.4) is 0 Å². The molecule has 2 aromatic rings. The van der Waals surface area contributed by atoms with Crippen molar-refractivity contribution in [2.24, 2.45) is 0 Å². The van der Waals surface area contributed by atoms with Gasteiger partial charge in [-0.2, -0.15) is 0 Å². The van der Waals surface area contributed by atoms with Gasteiger partial charge in [0, 0.05) is 17.6 Å². The average molecular weight is 337 g/mol. The summed E-state index contributed by atoms with van der Waals surface area (Å²) in [5.74, 6) is -0.308. The van der Waals surface area contributed by atoms with Gasteiger partial charge in [0.1, 0.15) is 6.54 Å².